The van der Waals surface area contributed by atoms with E-state index < -0.39 is 0 Å². The number of thioether (sulfide) groups is 1. The number of carbonyl (C=O) groups is 1. The molecule has 0 spiro atoms. The fourth-order valence-electron chi connectivity index (χ4n) is 2.01. The van der Waals surface area contributed by atoms with Gasteiger partial charge in [0, 0.05) is 30.4 Å². The van der Waals surface area contributed by atoms with Gasteiger partial charge >= 0.3 is 0 Å². The summed E-state index contributed by atoms with van der Waals surface area (Å²) in [5, 5.41) is 10.3. The van der Waals surface area contributed by atoms with Crippen molar-refractivity contribution in [1.82, 2.24) is 0 Å². The van der Waals surface area contributed by atoms with Crippen molar-refractivity contribution in [3.63, 3.8) is 0 Å². The average molecular weight is 291 g/mol. The van der Waals surface area contributed by atoms with E-state index in [1.807, 2.05) is 6.07 Å². The number of benzene rings is 1. The molecule has 0 saturated heterocycles. The maximum Gasteiger partial charge on any atom is 0.286 e. The molecule has 1 amide bonds. The summed E-state index contributed by atoms with van der Waals surface area (Å²) in [4.78, 5) is 17.7. The fraction of sp³-hybridized carbons (Fsp3) is 0.286. The van der Waals surface area contributed by atoms with E-state index in [-0.39, 0.29) is 16.8 Å². The highest BCUT2D eigenvalue weighted by atomic mass is 32.2. The van der Waals surface area contributed by atoms with Gasteiger partial charge in [0.1, 0.15) is 5.75 Å². The molecule has 0 atom stereocenters. The van der Waals surface area contributed by atoms with Gasteiger partial charge in [-0.15, -0.1) is 0 Å². The Morgan fingerprint density at radius 2 is 2.10 bits per heavy atom. The van der Waals surface area contributed by atoms with Gasteiger partial charge in [0.15, 0.2) is 5.17 Å². The third kappa shape index (κ3) is 2.96. The quantitative estimate of drug-likeness (QED) is 0.831. The summed E-state index contributed by atoms with van der Waals surface area (Å²) in [6.45, 7) is 5.86. The summed E-state index contributed by atoms with van der Waals surface area (Å²) in [7, 11) is 0. The molecule has 0 bridgehead atoms. The van der Waals surface area contributed by atoms with Crippen LogP contribution in [0.25, 0.3) is 6.08 Å². The van der Waals surface area contributed by atoms with Gasteiger partial charge in [-0.25, -0.2) is 0 Å². The minimum Gasteiger partial charge on any atom is -0.507 e. The van der Waals surface area contributed by atoms with Gasteiger partial charge in [-0.1, -0.05) is 0 Å². The second-order valence-corrected chi connectivity index (χ2v) is 5.34. The van der Waals surface area contributed by atoms with E-state index in [2.05, 4.69) is 23.7 Å². The summed E-state index contributed by atoms with van der Waals surface area (Å²) in [5.41, 5.74) is 7.03. The molecular formula is C14H17N3O2S. The third-order valence-electron chi connectivity index (χ3n) is 3.07. The Balaban J connectivity index is 2.27. The third-order valence-corrected chi connectivity index (χ3v) is 3.88. The lowest BCUT2D eigenvalue weighted by molar-refractivity contribution is -0.113. The van der Waals surface area contributed by atoms with E-state index in [4.69, 9.17) is 5.73 Å². The number of aromatic hydroxyl groups is 1. The summed E-state index contributed by atoms with van der Waals surface area (Å²) in [5.74, 6) is -0.222. The van der Waals surface area contributed by atoms with Crippen molar-refractivity contribution in [2.75, 3.05) is 18.0 Å². The van der Waals surface area contributed by atoms with Gasteiger partial charge in [-0.2, -0.15) is 4.99 Å². The second kappa shape index (κ2) is 6.00. The smallest absolute Gasteiger partial charge is 0.286 e. The molecule has 1 aromatic rings. The van der Waals surface area contributed by atoms with Crippen LogP contribution in [0.3, 0.4) is 0 Å². The molecule has 3 N–H and O–H groups in total. The number of amidine groups is 1. The molecule has 1 aromatic carbocycles. The van der Waals surface area contributed by atoms with Crippen LogP contribution in [0.2, 0.25) is 0 Å². The van der Waals surface area contributed by atoms with E-state index in [0.717, 1.165) is 30.5 Å². The molecule has 106 valence electrons. The Morgan fingerprint density at radius 3 is 2.60 bits per heavy atom. The van der Waals surface area contributed by atoms with Crippen LogP contribution in [0.5, 0.6) is 5.75 Å². The van der Waals surface area contributed by atoms with Crippen LogP contribution in [0.4, 0.5) is 5.69 Å². The molecule has 0 radical (unpaired) electrons. The maximum atomic E-state index is 11.5. The van der Waals surface area contributed by atoms with Gasteiger partial charge in [0.2, 0.25) is 0 Å². The molecule has 1 aliphatic heterocycles. The van der Waals surface area contributed by atoms with Crippen LogP contribution in [0.15, 0.2) is 28.1 Å². The van der Waals surface area contributed by atoms with Gasteiger partial charge in [0.05, 0.1) is 4.91 Å². The van der Waals surface area contributed by atoms with Crippen LogP contribution in [0.1, 0.15) is 19.4 Å². The van der Waals surface area contributed by atoms with Gasteiger partial charge < -0.3 is 15.7 Å². The minimum atomic E-state index is -0.361. The minimum absolute atomic E-state index is 0.140. The molecular weight excluding hydrogens is 274 g/mol. The number of aliphatic imine (C=N–C) groups is 1. The molecule has 1 aliphatic rings. The molecule has 6 heteroatoms. The van der Waals surface area contributed by atoms with Crippen molar-refractivity contribution in [3.8, 4) is 5.75 Å². The van der Waals surface area contributed by atoms with E-state index in [1.165, 1.54) is 0 Å². The van der Waals surface area contributed by atoms with Crippen molar-refractivity contribution < 1.29 is 9.90 Å². The van der Waals surface area contributed by atoms with Crippen molar-refractivity contribution in [1.29, 1.82) is 0 Å². The van der Waals surface area contributed by atoms with Gasteiger partial charge in [-0.05, 0) is 43.8 Å². The molecule has 5 nitrogen and oxygen atoms in total. The summed E-state index contributed by atoms with van der Waals surface area (Å²) < 4.78 is 0. The van der Waals surface area contributed by atoms with E-state index >= 15 is 0 Å². The van der Waals surface area contributed by atoms with Crippen LogP contribution >= 0.6 is 11.8 Å². The molecule has 1 heterocycles. The van der Waals surface area contributed by atoms with Crippen LogP contribution in [-0.2, 0) is 4.79 Å². The number of rotatable bonds is 4. The summed E-state index contributed by atoms with van der Waals surface area (Å²) in [6.07, 6.45) is 1.61. The lowest BCUT2D eigenvalue weighted by Crippen LogP contribution is -2.21. The topological polar surface area (TPSA) is 78.9 Å². The lowest BCUT2D eigenvalue weighted by Gasteiger charge is -2.21. The monoisotopic (exact) mass is 291 g/mol. The number of nitrogens with two attached hydrogens (primary N) is 1. The molecule has 0 aromatic heterocycles. The highest BCUT2D eigenvalue weighted by Gasteiger charge is 2.20. The molecule has 2 rings (SSSR count). The Bertz CT molecular complexity index is 592. The highest BCUT2D eigenvalue weighted by Crippen LogP contribution is 2.31. The molecule has 0 fully saturated rings. The van der Waals surface area contributed by atoms with Gasteiger partial charge in [-0.3, -0.25) is 4.79 Å². The van der Waals surface area contributed by atoms with E-state index in [0.29, 0.717) is 10.5 Å². The Hall–Kier alpha value is -1.95. The van der Waals surface area contributed by atoms with Crippen LogP contribution < -0.4 is 10.6 Å². The molecule has 0 unspecified atom stereocenters. The summed E-state index contributed by atoms with van der Waals surface area (Å²) >= 11 is 1.11. The maximum absolute atomic E-state index is 11.5. The number of anilines is 1. The SMILES string of the molecule is CCN(CC)c1ccc(C=C2SC(N)=NC2=O)c(O)c1. The number of phenolic OH excluding ortho intramolecular Hbond substituents is 1. The largest absolute Gasteiger partial charge is 0.507 e. The Kier molecular flexibility index (Phi) is 4.34. The normalized spacial score (nSPS) is 16.6. The van der Waals surface area contributed by atoms with Crippen molar-refractivity contribution in [2.45, 2.75) is 13.8 Å². The number of hydrogen-bond acceptors (Lipinski definition) is 5. The number of phenols is 1. The highest BCUT2D eigenvalue weighted by molar-refractivity contribution is 8.18. The Labute approximate surface area is 122 Å². The zero-order valence-corrected chi connectivity index (χ0v) is 12.3. The fourth-order valence-corrected chi connectivity index (χ4v) is 2.68. The number of nitrogens with zero attached hydrogens (tertiary/aromatic N) is 2. The first-order chi connectivity index (χ1) is 9.55. The molecule has 0 saturated carbocycles. The first-order valence-corrected chi connectivity index (χ1v) is 7.22. The van der Waals surface area contributed by atoms with E-state index in [9.17, 15) is 9.90 Å². The number of carbonyl (C=O) groups excluding carboxylic acids is 1. The first-order valence-electron chi connectivity index (χ1n) is 6.41. The predicted octanol–water partition coefficient (Wildman–Crippen LogP) is 2.17. The van der Waals surface area contributed by atoms with Crippen molar-refractivity contribution in [2.24, 2.45) is 10.7 Å². The van der Waals surface area contributed by atoms with Gasteiger partial charge in [0.25, 0.3) is 5.91 Å². The Morgan fingerprint density at radius 1 is 1.40 bits per heavy atom. The van der Waals surface area contributed by atoms with E-state index in [1.54, 1.807) is 18.2 Å². The average Bonchev–Trinajstić information content (AvgIpc) is 2.72. The predicted molar refractivity (Wildman–Crippen MR) is 83.9 cm³/mol. The standard InChI is InChI=1S/C14H17N3O2S/c1-3-17(4-2)10-6-5-9(11(18)8-10)7-12-13(19)16-14(15)20-12/h5-8,18H,3-4H2,1-2H3,(H2,15,16,19). The van der Waals surface area contributed by atoms with Crippen molar-refractivity contribution in [3.05, 3.63) is 28.7 Å². The first kappa shape index (κ1) is 14.5. The van der Waals surface area contributed by atoms with Crippen LogP contribution in [0, 0.1) is 0 Å². The second-order valence-electron chi connectivity index (χ2n) is 4.28. The molecule has 20 heavy (non-hydrogen) atoms. The zero-order valence-electron chi connectivity index (χ0n) is 11.5. The molecule has 0 aliphatic carbocycles. The van der Waals surface area contributed by atoms with Crippen LogP contribution in [-0.4, -0.2) is 29.3 Å². The number of hydrogen-bond donors (Lipinski definition) is 2. The zero-order chi connectivity index (χ0) is 14.7. The number of amides is 1. The lowest BCUT2D eigenvalue weighted by atomic mass is 10.1. The van der Waals surface area contributed by atoms with Crippen molar-refractivity contribution >= 4 is 34.6 Å². The summed E-state index contributed by atoms with van der Waals surface area (Å²) in [6, 6.07) is 5.42.